The van der Waals surface area contributed by atoms with E-state index in [0.717, 1.165) is 44.8 Å². The first kappa shape index (κ1) is 19.5. The van der Waals surface area contributed by atoms with Crippen molar-refractivity contribution in [2.24, 2.45) is 4.99 Å². The molecule has 1 aliphatic carbocycles. The molecule has 0 aromatic carbocycles. The van der Waals surface area contributed by atoms with Crippen LogP contribution in [0, 0.1) is 0 Å². The van der Waals surface area contributed by atoms with Gasteiger partial charge in [0.05, 0.1) is 12.2 Å². The lowest BCUT2D eigenvalue weighted by molar-refractivity contribution is 0.454. The molecule has 168 valence electrons. The Balaban J connectivity index is 1.39. The van der Waals surface area contributed by atoms with Crippen LogP contribution in [-0.4, -0.2) is 71.9 Å². The van der Waals surface area contributed by atoms with Crippen molar-refractivity contribution < 1.29 is 5.11 Å². The molecule has 1 saturated heterocycles. The third-order valence-corrected chi connectivity index (χ3v) is 5.78. The van der Waals surface area contributed by atoms with Gasteiger partial charge in [0.1, 0.15) is 11.5 Å². The molecule has 2 fully saturated rings. The number of nitrogens with zero attached hydrogens (tertiary/aromatic N) is 8. The molecule has 4 aromatic heterocycles. The molecule has 0 unspecified atom stereocenters. The highest BCUT2D eigenvalue weighted by molar-refractivity contribution is 5.57. The molecule has 3 N–H and O–H groups in total. The minimum Gasteiger partial charge on any atom is -0.493 e. The summed E-state index contributed by atoms with van der Waals surface area (Å²) in [5, 5.41) is 15.0. The van der Waals surface area contributed by atoms with E-state index < -0.39 is 5.69 Å². The largest absolute Gasteiger partial charge is 0.493 e. The van der Waals surface area contributed by atoms with Crippen molar-refractivity contribution in [2.45, 2.75) is 18.9 Å². The van der Waals surface area contributed by atoms with Crippen LogP contribution < -0.4 is 26.3 Å². The molecule has 12 heteroatoms. The van der Waals surface area contributed by atoms with Crippen molar-refractivity contribution in [3.8, 4) is 5.88 Å². The SMILES string of the molecule is O=c1[nH]c(O)c(/C=c2\cnn3c(=NC4CC4)nc(N4CCN(c5ccccn5)CC4)nc23)[nH]1. The van der Waals surface area contributed by atoms with E-state index in [-0.39, 0.29) is 17.6 Å². The molecule has 1 aliphatic heterocycles. The Morgan fingerprint density at radius 3 is 2.61 bits per heavy atom. The molecule has 0 atom stereocenters. The number of nitrogens with one attached hydrogen (secondary N) is 2. The first-order valence-corrected chi connectivity index (χ1v) is 10.9. The van der Waals surface area contributed by atoms with Gasteiger partial charge in [0.25, 0.3) is 5.62 Å². The van der Waals surface area contributed by atoms with Crippen molar-refractivity contribution >= 4 is 23.5 Å². The lowest BCUT2D eigenvalue weighted by Crippen LogP contribution is -2.48. The number of rotatable bonds is 4. The van der Waals surface area contributed by atoms with Crippen molar-refractivity contribution in [3.63, 3.8) is 0 Å². The molecule has 6 rings (SSSR count). The first-order chi connectivity index (χ1) is 16.1. The zero-order chi connectivity index (χ0) is 22.4. The van der Waals surface area contributed by atoms with Crippen LogP contribution in [0.15, 0.2) is 40.4 Å². The van der Waals surface area contributed by atoms with Crippen molar-refractivity contribution in [1.29, 1.82) is 0 Å². The van der Waals surface area contributed by atoms with E-state index in [2.05, 4.69) is 29.9 Å². The van der Waals surface area contributed by atoms with Crippen LogP contribution in [0.1, 0.15) is 18.5 Å². The fourth-order valence-electron chi connectivity index (χ4n) is 3.89. The van der Waals surface area contributed by atoms with Crippen LogP contribution in [-0.2, 0) is 0 Å². The molecule has 0 bridgehead atoms. The Bertz CT molecular complexity index is 1480. The number of hydrogen-bond donors (Lipinski definition) is 3. The van der Waals surface area contributed by atoms with E-state index in [9.17, 15) is 9.90 Å². The summed E-state index contributed by atoms with van der Waals surface area (Å²) in [6.07, 6.45) is 7.15. The maximum atomic E-state index is 11.5. The van der Waals surface area contributed by atoms with Gasteiger partial charge < -0.3 is 19.9 Å². The number of aromatic nitrogens is 7. The molecular weight excluding hydrogens is 424 g/mol. The summed E-state index contributed by atoms with van der Waals surface area (Å²) in [5.74, 6) is 1.32. The maximum Gasteiger partial charge on any atom is 0.326 e. The Morgan fingerprint density at radius 1 is 1.09 bits per heavy atom. The topological polar surface area (TPSA) is 144 Å². The molecular formula is C21H22N10O2. The fourth-order valence-corrected chi connectivity index (χ4v) is 3.89. The standard InChI is InChI=1S/C21H22N10O2/c32-18-15(25-21(33)27-18)11-13-12-23-31-17(13)26-19(28-20(31)24-14-4-5-14)30-9-7-29(8-10-30)16-3-1-2-6-22-16/h1-3,6,11-12,14,32H,4-5,7-10H2,(H2,25,27,33)/b13-11+,24-20?. The molecule has 2 aliphatic rings. The first-order valence-electron chi connectivity index (χ1n) is 10.9. The monoisotopic (exact) mass is 446 g/mol. The summed E-state index contributed by atoms with van der Waals surface area (Å²) in [6, 6.07) is 6.18. The number of aromatic hydroxyl groups is 1. The highest BCUT2D eigenvalue weighted by Crippen LogP contribution is 2.22. The molecule has 0 amide bonds. The van der Waals surface area contributed by atoms with Crippen LogP contribution in [0.3, 0.4) is 0 Å². The van der Waals surface area contributed by atoms with E-state index >= 15 is 0 Å². The normalized spacial score (nSPS) is 17.9. The summed E-state index contributed by atoms with van der Waals surface area (Å²) in [6.45, 7) is 3.10. The van der Waals surface area contributed by atoms with Gasteiger partial charge in [0.2, 0.25) is 11.8 Å². The predicted octanol–water partition coefficient (Wildman–Crippen LogP) is -0.821. The third-order valence-electron chi connectivity index (χ3n) is 5.78. The average Bonchev–Trinajstić information content (AvgIpc) is 3.47. The van der Waals surface area contributed by atoms with Crippen LogP contribution in [0.4, 0.5) is 11.8 Å². The second kappa shape index (κ2) is 7.73. The number of pyridine rings is 1. The quantitative estimate of drug-likeness (QED) is 0.369. The molecule has 0 radical (unpaired) electrons. The summed E-state index contributed by atoms with van der Waals surface area (Å²) in [5.41, 5.74) is 0.851. The molecule has 33 heavy (non-hydrogen) atoms. The number of H-pyrrole nitrogens is 2. The van der Waals surface area contributed by atoms with Gasteiger partial charge in [-0.15, -0.1) is 0 Å². The summed E-state index contributed by atoms with van der Waals surface area (Å²) in [7, 11) is 0. The van der Waals surface area contributed by atoms with Gasteiger partial charge in [-0.25, -0.2) is 14.8 Å². The minimum absolute atomic E-state index is 0.234. The molecule has 4 aromatic rings. The number of anilines is 2. The van der Waals surface area contributed by atoms with Gasteiger partial charge >= 0.3 is 5.69 Å². The van der Waals surface area contributed by atoms with Crippen LogP contribution in [0.5, 0.6) is 5.88 Å². The lowest BCUT2D eigenvalue weighted by Gasteiger charge is -2.35. The van der Waals surface area contributed by atoms with E-state index in [1.807, 2.05) is 18.2 Å². The minimum atomic E-state index is -0.485. The summed E-state index contributed by atoms with van der Waals surface area (Å²) < 4.78 is 1.61. The maximum absolute atomic E-state index is 11.5. The Morgan fingerprint density at radius 2 is 1.91 bits per heavy atom. The number of piperazine rings is 1. The van der Waals surface area contributed by atoms with Crippen molar-refractivity contribution in [1.82, 2.24) is 34.5 Å². The summed E-state index contributed by atoms with van der Waals surface area (Å²) in [4.78, 5) is 39.5. The zero-order valence-electron chi connectivity index (χ0n) is 17.7. The lowest BCUT2D eigenvalue weighted by atomic mass is 10.3. The molecule has 0 spiro atoms. The fraction of sp³-hybridized carbons (Fsp3) is 0.333. The highest BCUT2D eigenvalue weighted by Gasteiger charge is 2.23. The molecule has 1 saturated carbocycles. The van der Waals surface area contributed by atoms with E-state index in [1.54, 1.807) is 23.0 Å². The van der Waals surface area contributed by atoms with Crippen molar-refractivity contribution in [2.75, 3.05) is 36.0 Å². The van der Waals surface area contributed by atoms with Gasteiger partial charge in [-0.3, -0.25) is 4.98 Å². The van der Waals surface area contributed by atoms with Gasteiger partial charge in [0, 0.05) is 37.6 Å². The van der Waals surface area contributed by atoms with E-state index in [1.165, 1.54) is 0 Å². The average molecular weight is 446 g/mol. The van der Waals surface area contributed by atoms with E-state index in [4.69, 9.17) is 15.0 Å². The van der Waals surface area contributed by atoms with Gasteiger partial charge in [0.15, 0.2) is 5.65 Å². The Hall–Kier alpha value is -4.22. The number of fused-ring (bicyclic) bond motifs is 1. The third kappa shape index (κ3) is 3.79. The van der Waals surface area contributed by atoms with E-state index in [0.29, 0.717) is 22.4 Å². The predicted molar refractivity (Wildman–Crippen MR) is 120 cm³/mol. The zero-order valence-corrected chi connectivity index (χ0v) is 17.7. The van der Waals surface area contributed by atoms with Crippen LogP contribution in [0.2, 0.25) is 0 Å². The molecule has 12 nitrogen and oxygen atoms in total. The van der Waals surface area contributed by atoms with Crippen LogP contribution in [0.25, 0.3) is 11.7 Å². The van der Waals surface area contributed by atoms with Crippen LogP contribution >= 0.6 is 0 Å². The number of hydrogen-bond acceptors (Lipinski definition) is 9. The van der Waals surface area contributed by atoms with Crippen molar-refractivity contribution in [3.05, 3.63) is 57.6 Å². The Labute approximate surface area is 187 Å². The second-order valence-corrected chi connectivity index (χ2v) is 8.17. The second-order valence-electron chi connectivity index (χ2n) is 8.17. The molecule has 5 heterocycles. The Kier molecular flexibility index (Phi) is 4.56. The summed E-state index contributed by atoms with van der Waals surface area (Å²) >= 11 is 0. The number of imidazole rings is 1. The van der Waals surface area contributed by atoms with Gasteiger partial charge in [-0.1, -0.05) is 6.07 Å². The highest BCUT2D eigenvalue weighted by atomic mass is 16.3. The smallest absolute Gasteiger partial charge is 0.326 e. The van der Waals surface area contributed by atoms with Gasteiger partial charge in [-0.2, -0.15) is 19.6 Å². The number of aromatic amines is 2. The van der Waals surface area contributed by atoms with Gasteiger partial charge in [-0.05, 0) is 31.1 Å².